The summed E-state index contributed by atoms with van der Waals surface area (Å²) in [6, 6.07) is 10.5. The van der Waals surface area contributed by atoms with Gasteiger partial charge in [0.15, 0.2) is 0 Å². The van der Waals surface area contributed by atoms with Crippen LogP contribution >= 0.6 is 24.8 Å². The summed E-state index contributed by atoms with van der Waals surface area (Å²) in [4.78, 5) is 17.2. The zero-order valence-electron chi connectivity index (χ0n) is 16.1. The molecule has 1 unspecified atom stereocenters. The molecule has 3 rings (SSSR count). The van der Waals surface area contributed by atoms with Crippen molar-refractivity contribution in [1.82, 2.24) is 15.1 Å². The van der Waals surface area contributed by atoms with Crippen LogP contribution in [-0.4, -0.2) is 68.2 Å². The van der Waals surface area contributed by atoms with Gasteiger partial charge in [-0.25, -0.2) is 0 Å². The summed E-state index contributed by atoms with van der Waals surface area (Å²) < 4.78 is 5.81. The summed E-state index contributed by atoms with van der Waals surface area (Å²) in [7, 11) is 2.00. The maximum Gasteiger partial charge on any atom is 0.253 e. The molecule has 7 heteroatoms. The molecule has 1 aromatic rings. The molecule has 2 fully saturated rings. The average Bonchev–Trinajstić information content (AvgIpc) is 2.67. The molecule has 2 aliphatic heterocycles. The van der Waals surface area contributed by atoms with Crippen molar-refractivity contribution in [3.8, 4) is 0 Å². The summed E-state index contributed by atoms with van der Waals surface area (Å²) in [5, 5.41) is 3.22. The van der Waals surface area contributed by atoms with Crippen molar-refractivity contribution in [1.29, 1.82) is 0 Å². The van der Waals surface area contributed by atoms with Gasteiger partial charge in [0.2, 0.25) is 0 Å². The normalized spacial score (nSPS) is 21.2. The van der Waals surface area contributed by atoms with Crippen LogP contribution in [0.2, 0.25) is 0 Å². The van der Waals surface area contributed by atoms with Gasteiger partial charge >= 0.3 is 0 Å². The van der Waals surface area contributed by atoms with Crippen molar-refractivity contribution < 1.29 is 9.53 Å². The van der Waals surface area contributed by atoms with Crippen molar-refractivity contribution in [2.45, 2.75) is 31.9 Å². The van der Waals surface area contributed by atoms with Gasteiger partial charge in [-0.2, -0.15) is 0 Å². The first-order valence-corrected chi connectivity index (χ1v) is 9.57. The van der Waals surface area contributed by atoms with Crippen LogP contribution < -0.4 is 5.32 Å². The Morgan fingerprint density at radius 2 is 1.85 bits per heavy atom. The van der Waals surface area contributed by atoms with E-state index in [0.717, 1.165) is 51.5 Å². The van der Waals surface area contributed by atoms with E-state index >= 15 is 0 Å². The standard InChI is InChI=1S/C20H31N3O2.2ClH/c1-21-10-7-17-8-11-23(12-9-17)20(24)19-16-22(13-14-25-19)15-18-5-3-2-4-6-18;;/h2-6,17,19,21H,7-16H2,1H3;2*1H. The van der Waals surface area contributed by atoms with Gasteiger partial charge in [-0.15, -0.1) is 24.8 Å². The third-order valence-electron chi connectivity index (χ3n) is 5.40. The fourth-order valence-electron chi connectivity index (χ4n) is 3.83. The van der Waals surface area contributed by atoms with Gasteiger partial charge in [0.25, 0.3) is 5.91 Å². The Morgan fingerprint density at radius 1 is 1.15 bits per heavy atom. The Kier molecular flexibility index (Phi) is 11.3. The number of morpholine rings is 1. The maximum atomic E-state index is 12.8. The van der Waals surface area contributed by atoms with E-state index < -0.39 is 0 Å². The van der Waals surface area contributed by atoms with Gasteiger partial charge in [-0.1, -0.05) is 30.3 Å². The lowest BCUT2D eigenvalue weighted by atomic mass is 9.93. The summed E-state index contributed by atoms with van der Waals surface area (Å²) >= 11 is 0. The fourth-order valence-corrected chi connectivity index (χ4v) is 3.83. The highest BCUT2D eigenvalue weighted by atomic mass is 35.5. The van der Waals surface area contributed by atoms with Gasteiger partial charge in [0.05, 0.1) is 6.61 Å². The highest BCUT2D eigenvalue weighted by molar-refractivity contribution is 5.85. The summed E-state index contributed by atoms with van der Waals surface area (Å²) in [6.07, 6.45) is 3.15. The van der Waals surface area contributed by atoms with Crippen molar-refractivity contribution in [2.24, 2.45) is 5.92 Å². The Labute approximate surface area is 175 Å². The minimum Gasteiger partial charge on any atom is -0.366 e. The second kappa shape index (κ2) is 12.6. The number of hydrogen-bond acceptors (Lipinski definition) is 4. The lowest BCUT2D eigenvalue weighted by molar-refractivity contribution is -0.151. The molecule has 1 N–H and O–H groups in total. The van der Waals surface area contributed by atoms with E-state index in [0.29, 0.717) is 13.2 Å². The number of piperidine rings is 1. The summed E-state index contributed by atoms with van der Waals surface area (Å²) in [5.41, 5.74) is 1.29. The molecule has 0 radical (unpaired) electrons. The SMILES string of the molecule is CNCCC1CCN(C(=O)C2CN(Cc3ccccc3)CCO2)CC1.Cl.Cl. The number of nitrogens with one attached hydrogen (secondary N) is 1. The van der Waals surface area contributed by atoms with Crippen LogP contribution in [-0.2, 0) is 16.1 Å². The number of ether oxygens (including phenoxy) is 1. The van der Waals surface area contributed by atoms with Crippen LogP contribution in [0.5, 0.6) is 0 Å². The number of carbonyl (C=O) groups excluding carboxylic acids is 1. The molecule has 0 aromatic heterocycles. The van der Waals surface area contributed by atoms with Crippen LogP contribution in [0.1, 0.15) is 24.8 Å². The number of rotatable bonds is 6. The quantitative estimate of drug-likeness (QED) is 0.772. The van der Waals surface area contributed by atoms with E-state index in [1.165, 1.54) is 12.0 Å². The van der Waals surface area contributed by atoms with Crippen LogP contribution in [0, 0.1) is 5.92 Å². The number of benzene rings is 1. The fraction of sp³-hybridized carbons (Fsp3) is 0.650. The number of halogens is 2. The van der Waals surface area contributed by atoms with E-state index in [1.807, 2.05) is 18.0 Å². The van der Waals surface area contributed by atoms with Gasteiger partial charge in [-0.3, -0.25) is 9.69 Å². The Bertz CT molecular complexity index is 539. The van der Waals surface area contributed by atoms with E-state index in [-0.39, 0.29) is 36.8 Å². The topological polar surface area (TPSA) is 44.8 Å². The number of likely N-dealkylation sites (tertiary alicyclic amines) is 1. The minimum absolute atomic E-state index is 0. The highest BCUT2D eigenvalue weighted by Crippen LogP contribution is 2.22. The second-order valence-corrected chi connectivity index (χ2v) is 7.24. The molecule has 1 amide bonds. The molecule has 1 aromatic carbocycles. The predicted octanol–water partition coefficient (Wildman–Crippen LogP) is 2.58. The first-order chi connectivity index (χ1) is 12.3. The van der Waals surface area contributed by atoms with E-state index in [4.69, 9.17) is 4.74 Å². The molecule has 0 saturated carbocycles. The molecule has 0 bridgehead atoms. The van der Waals surface area contributed by atoms with Gasteiger partial charge < -0.3 is 15.0 Å². The number of hydrogen-bond donors (Lipinski definition) is 1. The third kappa shape index (κ3) is 7.24. The lowest BCUT2D eigenvalue weighted by Crippen LogP contribution is -2.52. The van der Waals surface area contributed by atoms with Gasteiger partial charge in [0, 0.05) is 32.7 Å². The van der Waals surface area contributed by atoms with Crippen LogP contribution in [0.15, 0.2) is 30.3 Å². The van der Waals surface area contributed by atoms with Crippen LogP contribution in [0.4, 0.5) is 0 Å². The molecule has 2 heterocycles. The number of carbonyl (C=O) groups is 1. The van der Waals surface area contributed by atoms with Crippen molar-refractivity contribution in [3.63, 3.8) is 0 Å². The highest BCUT2D eigenvalue weighted by Gasteiger charge is 2.32. The Balaban J connectivity index is 0.00000182. The predicted molar refractivity (Wildman–Crippen MR) is 114 cm³/mol. The second-order valence-electron chi connectivity index (χ2n) is 7.24. The van der Waals surface area contributed by atoms with Crippen molar-refractivity contribution in [3.05, 3.63) is 35.9 Å². The minimum atomic E-state index is -0.300. The molecule has 1 atom stereocenters. The van der Waals surface area contributed by atoms with E-state index in [1.54, 1.807) is 0 Å². The molecule has 2 aliphatic rings. The molecule has 2 saturated heterocycles. The Hall–Kier alpha value is -0.850. The summed E-state index contributed by atoms with van der Waals surface area (Å²) in [5.74, 6) is 0.934. The van der Waals surface area contributed by atoms with Gasteiger partial charge in [0.1, 0.15) is 6.10 Å². The third-order valence-corrected chi connectivity index (χ3v) is 5.40. The van der Waals surface area contributed by atoms with E-state index in [9.17, 15) is 4.79 Å². The molecule has 5 nitrogen and oxygen atoms in total. The Morgan fingerprint density at radius 3 is 2.52 bits per heavy atom. The maximum absolute atomic E-state index is 12.8. The van der Waals surface area contributed by atoms with Crippen LogP contribution in [0.25, 0.3) is 0 Å². The average molecular weight is 418 g/mol. The molecule has 27 heavy (non-hydrogen) atoms. The lowest BCUT2D eigenvalue weighted by Gasteiger charge is -2.37. The first-order valence-electron chi connectivity index (χ1n) is 9.57. The number of nitrogens with zero attached hydrogens (tertiary/aromatic N) is 2. The number of amides is 1. The van der Waals surface area contributed by atoms with E-state index in [2.05, 4.69) is 34.5 Å². The largest absolute Gasteiger partial charge is 0.366 e. The molecule has 154 valence electrons. The molecule has 0 aliphatic carbocycles. The van der Waals surface area contributed by atoms with Crippen molar-refractivity contribution in [2.75, 3.05) is 46.4 Å². The molecular weight excluding hydrogens is 385 g/mol. The monoisotopic (exact) mass is 417 g/mol. The molecule has 0 spiro atoms. The zero-order valence-corrected chi connectivity index (χ0v) is 17.8. The van der Waals surface area contributed by atoms with Crippen LogP contribution in [0.3, 0.4) is 0 Å². The van der Waals surface area contributed by atoms with Crippen molar-refractivity contribution >= 4 is 30.7 Å². The first kappa shape index (κ1) is 24.2. The molecular formula is C20H33Cl2N3O2. The smallest absolute Gasteiger partial charge is 0.253 e. The zero-order chi connectivity index (χ0) is 17.5. The summed E-state index contributed by atoms with van der Waals surface area (Å²) in [6.45, 7) is 5.95. The van der Waals surface area contributed by atoms with Gasteiger partial charge in [-0.05, 0) is 44.3 Å².